The largest absolute Gasteiger partial charge is 0.342 e. The molecule has 0 heterocycles. The number of hydrogen-bond acceptors (Lipinski definition) is 0. The van der Waals surface area contributed by atoms with Crippen molar-refractivity contribution in [3.8, 4) is 0 Å². The van der Waals surface area contributed by atoms with Gasteiger partial charge >= 0.3 is 11.8 Å². The van der Waals surface area contributed by atoms with E-state index in [-0.39, 0.29) is 0 Å². The van der Waals surface area contributed by atoms with Crippen molar-refractivity contribution in [1.82, 2.24) is 0 Å². The summed E-state index contributed by atoms with van der Waals surface area (Å²) in [5.74, 6) is -8.90. The minimum atomic E-state index is -4.62. The maximum Gasteiger partial charge on any atom is 0.342 e. The molecule has 0 amide bonds. The van der Waals surface area contributed by atoms with Crippen molar-refractivity contribution in [2.75, 3.05) is 0 Å². The van der Waals surface area contributed by atoms with Crippen molar-refractivity contribution in [3.05, 3.63) is 0 Å². The molecule has 0 spiro atoms. The summed E-state index contributed by atoms with van der Waals surface area (Å²) in [5.41, 5.74) is -3.20. The molecule has 12 heavy (non-hydrogen) atoms. The van der Waals surface area contributed by atoms with Crippen LogP contribution in [0.1, 0.15) is 27.2 Å². The summed E-state index contributed by atoms with van der Waals surface area (Å²) in [6.07, 6.45) is -1.08. The maximum absolute atomic E-state index is 12.6. The van der Waals surface area contributed by atoms with Crippen molar-refractivity contribution in [3.63, 3.8) is 0 Å². The third-order valence-electron chi connectivity index (χ3n) is 1.65. The summed E-state index contributed by atoms with van der Waals surface area (Å²) in [6, 6.07) is 0. The van der Waals surface area contributed by atoms with E-state index < -0.39 is 23.9 Å². The summed E-state index contributed by atoms with van der Waals surface area (Å²) in [6.45, 7) is 1.77. The molecule has 0 aliphatic rings. The molecule has 0 radical (unpaired) electrons. The second-order valence-electron chi connectivity index (χ2n) is 3.10. The van der Waals surface area contributed by atoms with Gasteiger partial charge in [0, 0.05) is 6.42 Å². The molecule has 0 nitrogen and oxygen atoms in total. The average molecular weight is 190 g/mol. The topological polar surface area (TPSA) is 0 Å². The van der Waals surface area contributed by atoms with Gasteiger partial charge in [-0.3, -0.25) is 0 Å². The lowest BCUT2D eigenvalue weighted by Crippen LogP contribution is -2.52. The zero-order chi connectivity index (χ0) is 10.2. The Hall–Kier alpha value is -0.350. The third-order valence-corrected chi connectivity index (χ3v) is 1.65. The predicted octanol–water partition coefficient (Wildman–Crippen LogP) is 3.42. The molecule has 0 atom stereocenters. The number of halogens is 5. The monoisotopic (exact) mass is 190 g/mol. The van der Waals surface area contributed by atoms with Crippen molar-refractivity contribution in [1.29, 1.82) is 0 Å². The van der Waals surface area contributed by atoms with Gasteiger partial charge in [0.15, 0.2) is 5.67 Å². The highest BCUT2D eigenvalue weighted by atomic mass is 19.3. The van der Waals surface area contributed by atoms with E-state index in [9.17, 15) is 22.0 Å². The maximum atomic E-state index is 12.6. The standard InChI is InChI=1S/C7H11F5/c1-4-6(9,10)7(11,12)5(2,3)8/h4H2,1-3H3. The SMILES string of the molecule is CCC(F)(F)C(F)(F)C(C)(C)F. The number of hydrogen-bond donors (Lipinski definition) is 0. The fourth-order valence-corrected chi connectivity index (χ4v) is 0.657. The van der Waals surface area contributed by atoms with Gasteiger partial charge in [0.05, 0.1) is 0 Å². The Labute approximate surface area is 67.8 Å². The van der Waals surface area contributed by atoms with Crippen LogP contribution in [0.15, 0.2) is 0 Å². The molecule has 0 N–H and O–H groups in total. The van der Waals surface area contributed by atoms with E-state index in [4.69, 9.17) is 0 Å². The molecule has 0 saturated heterocycles. The van der Waals surface area contributed by atoms with Crippen LogP contribution in [-0.4, -0.2) is 17.5 Å². The number of rotatable bonds is 3. The Balaban J connectivity index is 4.85. The van der Waals surface area contributed by atoms with Crippen LogP contribution in [-0.2, 0) is 0 Å². The molecule has 0 aromatic heterocycles. The van der Waals surface area contributed by atoms with Crippen LogP contribution >= 0.6 is 0 Å². The molecule has 0 aromatic rings. The lowest BCUT2D eigenvalue weighted by Gasteiger charge is -2.32. The Morgan fingerprint density at radius 2 is 1.25 bits per heavy atom. The van der Waals surface area contributed by atoms with Gasteiger partial charge < -0.3 is 0 Å². The third kappa shape index (κ3) is 1.69. The van der Waals surface area contributed by atoms with Crippen LogP contribution < -0.4 is 0 Å². The summed E-state index contributed by atoms with van der Waals surface area (Å²) in [7, 11) is 0. The molecule has 0 fully saturated rings. The fourth-order valence-electron chi connectivity index (χ4n) is 0.657. The van der Waals surface area contributed by atoms with E-state index in [1.165, 1.54) is 0 Å². The normalized spacial score (nSPS) is 15.0. The quantitative estimate of drug-likeness (QED) is 0.598. The minimum absolute atomic E-state index is 0.441. The zero-order valence-corrected chi connectivity index (χ0v) is 7.10. The Kier molecular flexibility index (Phi) is 2.77. The highest BCUT2D eigenvalue weighted by molar-refractivity contribution is 4.96. The Bertz CT molecular complexity index is 156. The Morgan fingerprint density at radius 1 is 0.917 bits per heavy atom. The van der Waals surface area contributed by atoms with Crippen molar-refractivity contribution in [2.45, 2.75) is 44.7 Å². The molecule has 5 heteroatoms. The average Bonchev–Trinajstić information content (AvgIpc) is 1.85. The van der Waals surface area contributed by atoms with Crippen LogP contribution in [0, 0.1) is 0 Å². The smallest absolute Gasteiger partial charge is 0.238 e. The van der Waals surface area contributed by atoms with Gasteiger partial charge in [0.2, 0.25) is 0 Å². The second-order valence-corrected chi connectivity index (χ2v) is 3.10. The van der Waals surface area contributed by atoms with Crippen molar-refractivity contribution in [2.24, 2.45) is 0 Å². The molecular weight excluding hydrogens is 179 g/mol. The van der Waals surface area contributed by atoms with Gasteiger partial charge in [-0.15, -0.1) is 0 Å². The van der Waals surface area contributed by atoms with E-state index >= 15 is 0 Å². The predicted molar refractivity (Wildman–Crippen MR) is 35.4 cm³/mol. The molecule has 0 aromatic carbocycles. The van der Waals surface area contributed by atoms with Gasteiger partial charge in [-0.25, -0.2) is 4.39 Å². The first-order valence-electron chi connectivity index (χ1n) is 3.51. The van der Waals surface area contributed by atoms with E-state index in [1.807, 2.05) is 0 Å². The fraction of sp³-hybridized carbons (Fsp3) is 1.00. The molecule has 0 aliphatic heterocycles. The molecule has 0 bridgehead atoms. The van der Waals surface area contributed by atoms with E-state index in [1.54, 1.807) is 0 Å². The van der Waals surface area contributed by atoms with E-state index in [0.29, 0.717) is 13.8 Å². The highest BCUT2D eigenvalue weighted by Crippen LogP contribution is 2.45. The molecule has 0 rings (SSSR count). The summed E-state index contributed by atoms with van der Waals surface area (Å²) >= 11 is 0. The van der Waals surface area contributed by atoms with Crippen LogP contribution in [0.5, 0.6) is 0 Å². The minimum Gasteiger partial charge on any atom is -0.238 e. The van der Waals surface area contributed by atoms with Crippen molar-refractivity contribution < 1.29 is 22.0 Å². The van der Waals surface area contributed by atoms with Gasteiger partial charge in [-0.05, 0) is 13.8 Å². The molecular formula is C7H11F5. The van der Waals surface area contributed by atoms with Crippen LogP contribution in [0.2, 0.25) is 0 Å². The second kappa shape index (κ2) is 2.85. The van der Waals surface area contributed by atoms with E-state index in [2.05, 4.69) is 0 Å². The lowest BCUT2D eigenvalue weighted by molar-refractivity contribution is -0.263. The molecule has 0 aliphatic carbocycles. The van der Waals surface area contributed by atoms with Gasteiger partial charge in [0.1, 0.15) is 0 Å². The summed E-state index contributed by atoms with van der Waals surface area (Å²) < 4.78 is 62.7. The highest BCUT2D eigenvalue weighted by Gasteiger charge is 2.64. The summed E-state index contributed by atoms with van der Waals surface area (Å²) in [4.78, 5) is 0. The summed E-state index contributed by atoms with van der Waals surface area (Å²) in [5, 5.41) is 0. The van der Waals surface area contributed by atoms with Gasteiger partial charge in [-0.1, -0.05) is 6.92 Å². The Morgan fingerprint density at radius 3 is 1.33 bits per heavy atom. The first-order valence-corrected chi connectivity index (χ1v) is 3.51. The van der Waals surface area contributed by atoms with E-state index in [0.717, 1.165) is 6.92 Å². The van der Waals surface area contributed by atoms with Crippen molar-refractivity contribution >= 4 is 0 Å². The van der Waals surface area contributed by atoms with Gasteiger partial charge in [0.25, 0.3) is 0 Å². The first kappa shape index (κ1) is 11.6. The molecule has 74 valence electrons. The zero-order valence-electron chi connectivity index (χ0n) is 7.10. The molecule has 0 saturated carbocycles. The van der Waals surface area contributed by atoms with Crippen LogP contribution in [0.25, 0.3) is 0 Å². The van der Waals surface area contributed by atoms with Gasteiger partial charge in [-0.2, -0.15) is 17.6 Å². The van der Waals surface area contributed by atoms with Crippen LogP contribution in [0.4, 0.5) is 22.0 Å². The van der Waals surface area contributed by atoms with Crippen LogP contribution in [0.3, 0.4) is 0 Å². The molecule has 0 unspecified atom stereocenters. The lowest BCUT2D eigenvalue weighted by atomic mass is 9.95. The number of alkyl halides is 5. The first-order chi connectivity index (χ1) is 5.06.